The molecule has 21 heavy (non-hydrogen) atoms. The second kappa shape index (κ2) is 5.69. The second-order valence-electron chi connectivity index (χ2n) is 4.95. The van der Waals surface area contributed by atoms with Crippen molar-refractivity contribution in [2.24, 2.45) is 0 Å². The Hall–Kier alpha value is -2.14. The number of hydrogen-bond acceptors (Lipinski definition) is 4. The molecular weight excluding hydrogens is 330 g/mol. The summed E-state index contributed by atoms with van der Waals surface area (Å²) in [5, 5.41) is 4.03. The van der Waals surface area contributed by atoms with E-state index in [4.69, 9.17) is 10.3 Å². The van der Waals surface area contributed by atoms with Crippen molar-refractivity contribution in [1.29, 1.82) is 0 Å². The zero-order chi connectivity index (χ0) is 14.8. The van der Waals surface area contributed by atoms with Crippen molar-refractivity contribution in [3.63, 3.8) is 0 Å². The maximum absolute atomic E-state index is 5.82. The third kappa shape index (κ3) is 3.31. The number of halogens is 1. The van der Waals surface area contributed by atoms with Gasteiger partial charge >= 0.3 is 0 Å². The molecule has 0 bridgehead atoms. The van der Waals surface area contributed by atoms with E-state index in [1.165, 1.54) is 5.56 Å². The van der Waals surface area contributed by atoms with Crippen LogP contribution in [0.4, 0.5) is 5.69 Å². The molecule has 0 aliphatic carbocycles. The van der Waals surface area contributed by atoms with E-state index in [9.17, 15) is 0 Å². The third-order valence-corrected chi connectivity index (χ3v) is 3.54. The van der Waals surface area contributed by atoms with Gasteiger partial charge < -0.3 is 10.3 Å². The van der Waals surface area contributed by atoms with Crippen LogP contribution in [0.1, 0.15) is 17.0 Å². The lowest BCUT2D eigenvalue weighted by Gasteiger charge is -1.99. The first-order valence-corrected chi connectivity index (χ1v) is 7.34. The Morgan fingerprint density at radius 2 is 2.05 bits per heavy atom. The Balaban J connectivity index is 1.86. The normalized spacial score (nSPS) is 10.8. The summed E-state index contributed by atoms with van der Waals surface area (Å²) in [5.41, 5.74) is 9.67. The molecule has 0 radical (unpaired) electrons. The molecular formula is C16H14BrN3O. The van der Waals surface area contributed by atoms with Crippen molar-refractivity contribution in [3.05, 3.63) is 63.9 Å². The highest BCUT2D eigenvalue weighted by molar-refractivity contribution is 9.10. The van der Waals surface area contributed by atoms with E-state index in [-0.39, 0.29) is 0 Å². The SMILES string of the molecule is Cc1cccc(Cc2noc(-c3cc(N)cc(Br)c3)n2)c1. The first-order valence-electron chi connectivity index (χ1n) is 6.55. The predicted octanol–water partition coefficient (Wildman–Crippen LogP) is 3.98. The second-order valence-corrected chi connectivity index (χ2v) is 5.87. The summed E-state index contributed by atoms with van der Waals surface area (Å²) in [6, 6.07) is 13.8. The van der Waals surface area contributed by atoms with Gasteiger partial charge in [0.1, 0.15) is 0 Å². The van der Waals surface area contributed by atoms with E-state index in [1.54, 1.807) is 0 Å². The summed E-state index contributed by atoms with van der Waals surface area (Å²) >= 11 is 3.41. The maximum atomic E-state index is 5.82. The van der Waals surface area contributed by atoms with Gasteiger partial charge in [-0.3, -0.25) is 0 Å². The molecule has 5 heteroatoms. The minimum absolute atomic E-state index is 0.477. The molecule has 0 atom stereocenters. The fraction of sp³-hybridized carbons (Fsp3) is 0.125. The van der Waals surface area contributed by atoms with E-state index < -0.39 is 0 Å². The van der Waals surface area contributed by atoms with Crippen molar-refractivity contribution in [3.8, 4) is 11.5 Å². The lowest BCUT2D eigenvalue weighted by atomic mass is 10.1. The first-order chi connectivity index (χ1) is 10.1. The number of rotatable bonds is 3. The molecule has 0 aliphatic heterocycles. The Morgan fingerprint density at radius 3 is 2.81 bits per heavy atom. The predicted molar refractivity (Wildman–Crippen MR) is 85.8 cm³/mol. The Kier molecular flexibility index (Phi) is 3.75. The Labute approximate surface area is 131 Å². The fourth-order valence-electron chi connectivity index (χ4n) is 2.18. The van der Waals surface area contributed by atoms with Crippen molar-refractivity contribution in [2.75, 3.05) is 5.73 Å². The van der Waals surface area contributed by atoms with Crippen molar-refractivity contribution < 1.29 is 4.52 Å². The van der Waals surface area contributed by atoms with Crippen LogP contribution in [0.15, 0.2) is 51.5 Å². The minimum atomic E-state index is 0.477. The minimum Gasteiger partial charge on any atom is -0.399 e. The standard InChI is InChI=1S/C16H14BrN3O/c1-10-3-2-4-11(5-10)6-15-19-16(21-20-15)12-7-13(17)9-14(18)8-12/h2-5,7-9H,6,18H2,1H3. The number of aromatic nitrogens is 2. The zero-order valence-corrected chi connectivity index (χ0v) is 13.1. The highest BCUT2D eigenvalue weighted by Gasteiger charge is 2.10. The summed E-state index contributed by atoms with van der Waals surface area (Å²) in [4.78, 5) is 4.43. The van der Waals surface area contributed by atoms with Gasteiger partial charge in [-0.15, -0.1) is 0 Å². The summed E-state index contributed by atoms with van der Waals surface area (Å²) < 4.78 is 6.21. The highest BCUT2D eigenvalue weighted by atomic mass is 79.9. The monoisotopic (exact) mass is 343 g/mol. The Morgan fingerprint density at radius 1 is 1.19 bits per heavy atom. The average Bonchev–Trinajstić information content (AvgIpc) is 2.86. The Bertz CT molecular complexity index is 762. The molecule has 106 valence electrons. The van der Waals surface area contributed by atoms with E-state index >= 15 is 0 Å². The molecule has 3 aromatic rings. The van der Waals surface area contributed by atoms with Gasteiger partial charge in [0, 0.05) is 22.1 Å². The first kappa shape index (κ1) is 13.8. The number of benzene rings is 2. The van der Waals surface area contributed by atoms with Gasteiger partial charge in [-0.1, -0.05) is 50.9 Å². The molecule has 2 N–H and O–H groups in total. The number of nitrogens with two attached hydrogens (primary N) is 1. The third-order valence-electron chi connectivity index (χ3n) is 3.08. The number of nitrogen functional groups attached to an aromatic ring is 1. The molecule has 0 saturated carbocycles. The molecule has 0 aliphatic rings. The molecule has 1 aromatic heterocycles. The number of nitrogens with zero attached hydrogens (tertiary/aromatic N) is 2. The number of hydrogen-bond donors (Lipinski definition) is 1. The van der Waals surface area contributed by atoms with Gasteiger partial charge in [-0.2, -0.15) is 4.98 Å². The van der Waals surface area contributed by atoms with Crippen molar-refractivity contribution in [2.45, 2.75) is 13.3 Å². The largest absolute Gasteiger partial charge is 0.399 e. The van der Waals surface area contributed by atoms with Crippen LogP contribution in [0.2, 0.25) is 0 Å². The van der Waals surface area contributed by atoms with Crippen LogP contribution >= 0.6 is 15.9 Å². The van der Waals surface area contributed by atoms with Crippen LogP contribution < -0.4 is 5.73 Å². The molecule has 0 spiro atoms. The van der Waals surface area contributed by atoms with Gasteiger partial charge in [0.2, 0.25) is 0 Å². The average molecular weight is 344 g/mol. The number of anilines is 1. The molecule has 0 unspecified atom stereocenters. The molecule has 0 saturated heterocycles. The topological polar surface area (TPSA) is 64.9 Å². The maximum Gasteiger partial charge on any atom is 0.258 e. The van der Waals surface area contributed by atoms with E-state index in [0.717, 1.165) is 15.6 Å². The van der Waals surface area contributed by atoms with Crippen LogP contribution in [0, 0.1) is 6.92 Å². The van der Waals surface area contributed by atoms with Crippen LogP contribution in [-0.2, 0) is 6.42 Å². The van der Waals surface area contributed by atoms with E-state index in [2.05, 4.69) is 51.2 Å². The lowest BCUT2D eigenvalue weighted by Crippen LogP contribution is -1.91. The highest BCUT2D eigenvalue weighted by Crippen LogP contribution is 2.25. The van der Waals surface area contributed by atoms with Gasteiger partial charge in [-0.25, -0.2) is 0 Å². The summed E-state index contributed by atoms with van der Waals surface area (Å²) in [7, 11) is 0. The van der Waals surface area contributed by atoms with Crippen LogP contribution in [0.3, 0.4) is 0 Å². The van der Waals surface area contributed by atoms with Crippen LogP contribution in [-0.4, -0.2) is 10.1 Å². The summed E-state index contributed by atoms with van der Waals surface area (Å²) in [6.45, 7) is 2.06. The van der Waals surface area contributed by atoms with Crippen molar-refractivity contribution >= 4 is 21.6 Å². The number of aryl methyl sites for hydroxylation is 1. The lowest BCUT2D eigenvalue weighted by molar-refractivity contribution is 0.424. The van der Waals surface area contributed by atoms with Crippen molar-refractivity contribution in [1.82, 2.24) is 10.1 Å². The van der Waals surface area contributed by atoms with Gasteiger partial charge in [0.15, 0.2) is 5.82 Å². The van der Waals surface area contributed by atoms with E-state index in [1.807, 2.05) is 24.3 Å². The zero-order valence-electron chi connectivity index (χ0n) is 11.5. The molecule has 3 rings (SSSR count). The summed E-state index contributed by atoms with van der Waals surface area (Å²) in [5.74, 6) is 1.14. The smallest absolute Gasteiger partial charge is 0.258 e. The van der Waals surface area contributed by atoms with Gasteiger partial charge in [-0.05, 0) is 30.7 Å². The molecule has 1 heterocycles. The van der Waals surface area contributed by atoms with Crippen LogP contribution in [0.5, 0.6) is 0 Å². The molecule has 0 amide bonds. The summed E-state index contributed by atoms with van der Waals surface area (Å²) in [6.07, 6.45) is 0.647. The van der Waals surface area contributed by atoms with Gasteiger partial charge in [0.25, 0.3) is 5.89 Å². The molecule has 4 nitrogen and oxygen atoms in total. The molecule has 0 fully saturated rings. The van der Waals surface area contributed by atoms with Crippen LogP contribution in [0.25, 0.3) is 11.5 Å². The fourth-order valence-corrected chi connectivity index (χ4v) is 2.69. The van der Waals surface area contributed by atoms with E-state index in [0.29, 0.717) is 23.8 Å². The van der Waals surface area contributed by atoms with Gasteiger partial charge in [0.05, 0.1) is 0 Å². The quantitative estimate of drug-likeness (QED) is 0.730. The molecule has 2 aromatic carbocycles.